The van der Waals surface area contributed by atoms with Gasteiger partial charge in [0.05, 0.1) is 12.3 Å². The highest BCUT2D eigenvalue weighted by molar-refractivity contribution is 5.77. The number of rotatable bonds is 13. The number of hydrogen-bond donors (Lipinski definition) is 2. The summed E-state index contributed by atoms with van der Waals surface area (Å²) in [5, 5.41) is 18.5. The molecule has 0 heterocycles. The number of benzene rings is 2. The Morgan fingerprint density at radius 2 is 1.39 bits per heavy atom. The molecule has 0 fully saturated rings. The molecule has 2 aromatic rings. The minimum Gasteiger partial charge on any atom is -0.481 e. The number of nitrogens with zero attached hydrogens (tertiary/aromatic N) is 1. The second-order valence-corrected chi connectivity index (χ2v) is 8.69. The van der Waals surface area contributed by atoms with E-state index in [2.05, 4.69) is 50.2 Å². The van der Waals surface area contributed by atoms with Crippen molar-refractivity contribution in [1.82, 2.24) is 4.90 Å². The lowest BCUT2D eigenvalue weighted by molar-refractivity contribution is -0.148. The molecular weight excluding hydrogens is 390 g/mol. The minimum absolute atomic E-state index is 0.251. The molecule has 2 N–H and O–H groups in total. The Bertz CT molecular complexity index is 780. The van der Waals surface area contributed by atoms with Crippen molar-refractivity contribution in [2.45, 2.75) is 56.9 Å². The van der Waals surface area contributed by atoms with Gasteiger partial charge in [-0.1, -0.05) is 67.1 Å². The Labute approximate surface area is 185 Å². The zero-order valence-corrected chi connectivity index (χ0v) is 18.8. The summed E-state index contributed by atoms with van der Waals surface area (Å²) < 4.78 is 0. The van der Waals surface area contributed by atoms with Gasteiger partial charge in [0.2, 0.25) is 0 Å². The summed E-state index contributed by atoms with van der Waals surface area (Å²) in [4.78, 5) is 24.9. The number of carboxylic acid groups (broad SMARTS) is 2. The Morgan fingerprint density at radius 1 is 0.871 bits per heavy atom. The fourth-order valence-corrected chi connectivity index (χ4v) is 4.27. The highest BCUT2D eigenvalue weighted by Gasteiger charge is 2.34. The van der Waals surface area contributed by atoms with Crippen molar-refractivity contribution in [3.8, 4) is 0 Å². The van der Waals surface area contributed by atoms with Crippen LogP contribution in [-0.4, -0.2) is 47.2 Å². The largest absolute Gasteiger partial charge is 0.481 e. The van der Waals surface area contributed by atoms with Crippen LogP contribution in [0.3, 0.4) is 0 Å². The van der Waals surface area contributed by atoms with E-state index in [9.17, 15) is 14.7 Å². The highest BCUT2D eigenvalue weighted by Crippen LogP contribution is 2.42. The molecule has 2 unspecified atom stereocenters. The molecular formula is C26H35NO4. The average molecular weight is 426 g/mol. The van der Waals surface area contributed by atoms with Crippen LogP contribution in [0.4, 0.5) is 0 Å². The quantitative estimate of drug-likeness (QED) is 0.470. The second-order valence-electron chi connectivity index (χ2n) is 8.69. The van der Waals surface area contributed by atoms with E-state index in [4.69, 9.17) is 5.11 Å². The maximum Gasteiger partial charge on any atom is 0.307 e. The van der Waals surface area contributed by atoms with Crippen molar-refractivity contribution in [2.75, 3.05) is 14.1 Å². The van der Waals surface area contributed by atoms with Crippen LogP contribution in [0.15, 0.2) is 60.7 Å². The van der Waals surface area contributed by atoms with Crippen LogP contribution in [-0.2, 0) is 15.0 Å². The van der Waals surface area contributed by atoms with Crippen LogP contribution in [0.1, 0.15) is 56.6 Å². The van der Waals surface area contributed by atoms with Crippen molar-refractivity contribution in [3.05, 3.63) is 71.8 Å². The van der Waals surface area contributed by atoms with E-state index in [1.54, 1.807) is 0 Å². The highest BCUT2D eigenvalue weighted by atomic mass is 16.4. The van der Waals surface area contributed by atoms with Gasteiger partial charge >= 0.3 is 11.9 Å². The molecule has 0 aliphatic heterocycles. The van der Waals surface area contributed by atoms with E-state index in [0.717, 1.165) is 19.3 Å². The van der Waals surface area contributed by atoms with Crippen molar-refractivity contribution in [1.29, 1.82) is 0 Å². The fourth-order valence-electron chi connectivity index (χ4n) is 4.27. The van der Waals surface area contributed by atoms with Gasteiger partial charge in [0.25, 0.3) is 0 Å². The monoisotopic (exact) mass is 425 g/mol. The molecule has 2 aromatic carbocycles. The van der Waals surface area contributed by atoms with Crippen molar-refractivity contribution in [2.24, 2.45) is 5.92 Å². The van der Waals surface area contributed by atoms with Crippen molar-refractivity contribution in [3.63, 3.8) is 0 Å². The number of carboxylic acids is 2. The van der Waals surface area contributed by atoms with Crippen molar-refractivity contribution >= 4 is 11.9 Å². The number of carbonyl (C=O) groups is 2. The molecule has 0 aromatic heterocycles. The fraction of sp³-hybridized carbons (Fsp3) is 0.462. The Balaban J connectivity index is 2.37. The van der Waals surface area contributed by atoms with Gasteiger partial charge in [-0.3, -0.25) is 9.59 Å². The van der Waals surface area contributed by atoms with Gasteiger partial charge < -0.3 is 15.1 Å². The van der Waals surface area contributed by atoms with Crippen LogP contribution in [0, 0.1) is 5.92 Å². The number of hydrogen-bond acceptors (Lipinski definition) is 3. The molecule has 0 spiro atoms. The number of aliphatic carboxylic acids is 2. The first-order valence-electron chi connectivity index (χ1n) is 11.0. The molecule has 0 amide bonds. The Hall–Kier alpha value is -2.66. The summed E-state index contributed by atoms with van der Waals surface area (Å²) in [5.41, 5.74) is 2.19. The zero-order valence-electron chi connectivity index (χ0n) is 18.8. The van der Waals surface area contributed by atoms with Gasteiger partial charge in [0.1, 0.15) is 0 Å². The van der Waals surface area contributed by atoms with Crippen LogP contribution in [0.2, 0.25) is 0 Å². The van der Waals surface area contributed by atoms with Gasteiger partial charge in [-0.15, -0.1) is 0 Å². The molecule has 0 bridgehead atoms. The van der Waals surface area contributed by atoms with Gasteiger partial charge in [-0.2, -0.15) is 0 Å². The molecule has 5 nitrogen and oxygen atoms in total. The van der Waals surface area contributed by atoms with Gasteiger partial charge in [-0.25, -0.2) is 0 Å². The lowest BCUT2D eigenvalue weighted by Crippen LogP contribution is -2.32. The standard InChI is InChI=1S/C26H35NO4/c1-20(27(2)3)16-18-26(22-12-6-4-7-13-22,23-14-8-5-9-15-23)17-10-11-21(25(30)31)19-24(28)29/h4-9,12-15,20-21H,10-11,16-19H2,1-3H3,(H,28,29)(H,30,31). The first-order valence-corrected chi connectivity index (χ1v) is 11.0. The minimum atomic E-state index is -1.07. The molecule has 2 atom stereocenters. The molecule has 0 saturated heterocycles. The summed E-state index contributed by atoms with van der Waals surface area (Å²) in [6, 6.07) is 21.2. The summed E-state index contributed by atoms with van der Waals surface area (Å²) in [6.07, 6.45) is 3.35. The summed E-state index contributed by atoms with van der Waals surface area (Å²) >= 11 is 0. The van der Waals surface area contributed by atoms with E-state index < -0.39 is 17.9 Å². The van der Waals surface area contributed by atoms with Gasteiger partial charge in [0, 0.05) is 11.5 Å². The van der Waals surface area contributed by atoms with Crippen LogP contribution in [0.5, 0.6) is 0 Å². The van der Waals surface area contributed by atoms with Gasteiger partial charge in [0.15, 0.2) is 0 Å². The summed E-state index contributed by atoms with van der Waals surface area (Å²) in [6.45, 7) is 2.22. The Morgan fingerprint density at radius 3 is 1.81 bits per heavy atom. The summed E-state index contributed by atoms with van der Waals surface area (Å²) in [5.74, 6) is -2.96. The lowest BCUT2D eigenvalue weighted by atomic mass is 9.67. The normalized spacial score (nSPS) is 13.7. The zero-order chi connectivity index (χ0) is 22.9. The molecule has 0 saturated carbocycles. The maximum atomic E-state index is 11.6. The lowest BCUT2D eigenvalue weighted by Gasteiger charge is -2.37. The molecule has 2 rings (SSSR count). The summed E-state index contributed by atoms with van der Waals surface area (Å²) in [7, 11) is 4.17. The van der Waals surface area contributed by atoms with Crippen molar-refractivity contribution < 1.29 is 19.8 Å². The Kier molecular flexibility index (Phi) is 9.25. The topological polar surface area (TPSA) is 77.8 Å². The van der Waals surface area contributed by atoms with E-state index in [1.165, 1.54) is 11.1 Å². The molecule has 0 radical (unpaired) electrons. The molecule has 5 heteroatoms. The van der Waals surface area contributed by atoms with Crippen LogP contribution >= 0.6 is 0 Å². The third-order valence-electron chi connectivity index (χ3n) is 6.45. The van der Waals surface area contributed by atoms with Gasteiger partial charge in [-0.05, 0) is 57.8 Å². The molecule has 31 heavy (non-hydrogen) atoms. The van der Waals surface area contributed by atoms with E-state index in [-0.39, 0.29) is 11.8 Å². The smallest absolute Gasteiger partial charge is 0.307 e. The maximum absolute atomic E-state index is 11.6. The predicted octanol–water partition coefficient (Wildman–Crippen LogP) is 5.05. The average Bonchev–Trinajstić information content (AvgIpc) is 2.76. The van der Waals surface area contributed by atoms with E-state index in [1.807, 2.05) is 36.4 Å². The third-order valence-corrected chi connectivity index (χ3v) is 6.45. The first kappa shape index (κ1) is 24.6. The SMILES string of the molecule is CC(CCC(CCCC(CC(=O)O)C(=O)O)(c1ccccc1)c1ccccc1)N(C)C. The first-order chi connectivity index (χ1) is 14.8. The van der Waals surface area contributed by atoms with Crippen LogP contribution < -0.4 is 0 Å². The van der Waals surface area contributed by atoms with Crippen LogP contribution in [0.25, 0.3) is 0 Å². The molecule has 0 aliphatic carbocycles. The molecule has 168 valence electrons. The third kappa shape index (κ3) is 6.93. The second kappa shape index (κ2) is 11.7. The molecule has 0 aliphatic rings. The van der Waals surface area contributed by atoms with E-state index in [0.29, 0.717) is 18.9 Å². The van der Waals surface area contributed by atoms with E-state index >= 15 is 0 Å². The predicted molar refractivity (Wildman–Crippen MR) is 123 cm³/mol.